The van der Waals surface area contributed by atoms with Crippen LogP contribution in [0.4, 0.5) is 0 Å². The highest BCUT2D eigenvalue weighted by atomic mass is 16.5. The summed E-state index contributed by atoms with van der Waals surface area (Å²) in [4.78, 5) is 25.6. The summed E-state index contributed by atoms with van der Waals surface area (Å²) in [5.74, 6) is -0.262. The molecule has 0 aromatic carbocycles. The van der Waals surface area contributed by atoms with Crippen LogP contribution in [0.25, 0.3) is 0 Å². The van der Waals surface area contributed by atoms with Crippen molar-refractivity contribution in [3.8, 4) is 0 Å². The van der Waals surface area contributed by atoms with Gasteiger partial charge < -0.3 is 9.64 Å². The van der Waals surface area contributed by atoms with Crippen LogP contribution in [0.5, 0.6) is 0 Å². The lowest BCUT2D eigenvalue weighted by molar-refractivity contribution is -0.150. The van der Waals surface area contributed by atoms with Crippen LogP contribution in [0, 0.1) is 5.41 Å². The molecule has 1 heterocycles. The lowest BCUT2D eigenvalue weighted by Crippen LogP contribution is -2.50. The Morgan fingerprint density at radius 3 is 2.68 bits per heavy atom. The van der Waals surface area contributed by atoms with Gasteiger partial charge in [-0.05, 0) is 25.7 Å². The first-order valence-corrected chi connectivity index (χ1v) is 7.02. The fourth-order valence-electron chi connectivity index (χ4n) is 2.22. The molecule has 108 valence electrons. The molecule has 0 bridgehead atoms. The smallest absolute Gasteiger partial charge is 0.330 e. The van der Waals surface area contributed by atoms with Gasteiger partial charge in [0.25, 0.3) is 0 Å². The van der Waals surface area contributed by atoms with E-state index in [9.17, 15) is 9.59 Å². The Morgan fingerprint density at radius 1 is 1.42 bits per heavy atom. The number of ether oxygens (including phenoxy) is 1. The van der Waals surface area contributed by atoms with Gasteiger partial charge in [0.1, 0.15) is 6.61 Å². The summed E-state index contributed by atoms with van der Waals surface area (Å²) < 4.78 is 5.11. The van der Waals surface area contributed by atoms with Gasteiger partial charge >= 0.3 is 5.97 Å². The van der Waals surface area contributed by atoms with Crippen molar-refractivity contribution in [2.75, 3.05) is 13.2 Å². The Kier molecular flexibility index (Phi) is 5.58. The van der Waals surface area contributed by atoms with E-state index in [4.69, 9.17) is 4.74 Å². The average molecular weight is 267 g/mol. The summed E-state index contributed by atoms with van der Waals surface area (Å²) in [6.45, 7) is 10.4. The van der Waals surface area contributed by atoms with Gasteiger partial charge in [-0.25, -0.2) is 4.79 Å². The van der Waals surface area contributed by atoms with Crippen LogP contribution in [0.2, 0.25) is 0 Å². The van der Waals surface area contributed by atoms with Gasteiger partial charge in [0, 0.05) is 18.0 Å². The van der Waals surface area contributed by atoms with E-state index >= 15 is 0 Å². The van der Waals surface area contributed by atoms with Crippen LogP contribution in [0.3, 0.4) is 0 Å². The quantitative estimate of drug-likeness (QED) is 0.568. The van der Waals surface area contributed by atoms with Gasteiger partial charge in [0.05, 0.1) is 6.04 Å². The molecule has 0 spiro atoms. The normalized spacial score (nSPS) is 19.9. The Hall–Kier alpha value is -1.32. The first kappa shape index (κ1) is 15.7. The zero-order chi connectivity index (χ0) is 14.5. The maximum Gasteiger partial charge on any atom is 0.330 e. The number of likely N-dealkylation sites (tertiary alicyclic amines) is 1. The van der Waals surface area contributed by atoms with Crippen molar-refractivity contribution in [1.29, 1.82) is 0 Å². The SMILES string of the molecule is C=CC(=O)OCC1CCCCN1C(=O)C(C)(C)CC. The molecule has 1 fully saturated rings. The maximum absolute atomic E-state index is 12.5. The second kappa shape index (κ2) is 6.73. The first-order valence-electron chi connectivity index (χ1n) is 7.02. The van der Waals surface area contributed by atoms with Crippen molar-refractivity contribution < 1.29 is 14.3 Å². The number of carbonyl (C=O) groups excluding carboxylic acids is 2. The molecule has 0 saturated carbocycles. The largest absolute Gasteiger partial charge is 0.460 e. The average Bonchev–Trinajstić information content (AvgIpc) is 2.44. The minimum Gasteiger partial charge on any atom is -0.460 e. The number of esters is 1. The predicted octanol–water partition coefficient (Wildman–Crippen LogP) is 2.53. The molecule has 19 heavy (non-hydrogen) atoms. The highest BCUT2D eigenvalue weighted by Crippen LogP contribution is 2.27. The second-order valence-corrected chi connectivity index (χ2v) is 5.72. The third-order valence-corrected chi connectivity index (χ3v) is 3.94. The van der Waals surface area contributed by atoms with Gasteiger partial charge in [-0.15, -0.1) is 0 Å². The van der Waals surface area contributed by atoms with Crippen LogP contribution in [0.15, 0.2) is 12.7 Å². The van der Waals surface area contributed by atoms with Gasteiger partial charge in [0.15, 0.2) is 0 Å². The van der Waals surface area contributed by atoms with E-state index in [-0.39, 0.29) is 24.0 Å². The van der Waals surface area contributed by atoms with Crippen LogP contribution in [-0.4, -0.2) is 36.0 Å². The molecule has 1 saturated heterocycles. The lowest BCUT2D eigenvalue weighted by atomic mass is 9.87. The van der Waals surface area contributed by atoms with E-state index < -0.39 is 5.97 Å². The fraction of sp³-hybridized carbons (Fsp3) is 0.733. The number of nitrogens with zero attached hydrogens (tertiary/aromatic N) is 1. The van der Waals surface area contributed by atoms with Crippen molar-refractivity contribution in [1.82, 2.24) is 4.90 Å². The predicted molar refractivity (Wildman–Crippen MR) is 74.6 cm³/mol. The molecule has 0 radical (unpaired) electrons. The van der Waals surface area contributed by atoms with Gasteiger partial charge in [-0.3, -0.25) is 4.79 Å². The van der Waals surface area contributed by atoms with Gasteiger partial charge in [-0.2, -0.15) is 0 Å². The summed E-state index contributed by atoms with van der Waals surface area (Å²) in [5.41, 5.74) is -0.349. The van der Waals surface area contributed by atoms with Crippen LogP contribution < -0.4 is 0 Å². The molecule has 0 aliphatic carbocycles. The third-order valence-electron chi connectivity index (χ3n) is 3.94. The molecule has 4 heteroatoms. The van der Waals surface area contributed by atoms with Crippen LogP contribution in [0.1, 0.15) is 46.5 Å². The number of rotatable bonds is 5. The minimum atomic E-state index is -0.423. The maximum atomic E-state index is 12.5. The van der Waals surface area contributed by atoms with E-state index in [1.54, 1.807) is 0 Å². The minimum absolute atomic E-state index is 0.0102. The van der Waals surface area contributed by atoms with Crippen molar-refractivity contribution in [2.45, 2.75) is 52.5 Å². The third kappa shape index (κ3) is 4.08. The van der Waals surface area contributed by atoms with Crippen molar-refractivity contribution in [2.24, 2.45) is 5.41 Å². The summed E-state index contributed by atoms with van der Waals surface area (Å²) >= 11 is 0. The van der Waals surface area contributed by atoms with Crippen molar-refractivity contribution >= 4 is 11.9 Å². The first-order chi connectivity index (χ1) is 8.92. The van der Waals surface area contributed by atoms with Crippen LogP contribution in [-0.2, 0) is 14.3 Å². The molecular weight excluding hydrogens is 242 g/mol. The Balaban J connectivity index is 2.69. The molecule has 1 aliphatic rings. The van der Waals surface area contributed by atoms with E-state index in [2.05, 4.69) is 6.58 Å². The Bertz CT molecular complexity index is 349. The topological polar surface area (TPSA) is 46.6 Å². The lowest BCUT2D eigenvalue weighted by Gasteiger charge is -2.39. The molecule has 1 atom stereocenters. The van der Waals surface area contributed by atoms with Gasteiger partial charge in [0.2, 0.25) is 5.91 Å². The van der Waals surface area contributed by atoms with E-state index in [1.165, 1.54) is 0 Å². The van der Waals surface area contributed by atoms with E-state index in [1.807, 2.05) is 25.7 Å². The zero-order valence-corrected chi connectivity index (χ0v) is 12.3. The number of hydrogen-bond acceptors (Lipinski definition) is 3. The number of hydrogen-bond donors (Lipinski definition) is 0. The molecule has 4 nitrogen and oxygen atoms in total. The Labute approximate surface area is 115 Å². The molecule has 0 aromatic rings. The number of carbonyl (C=O) groups is 2. The molecule has 1 unspecified atom stereocenters. The highest BCUT2D eigenvalue weighted by molar-refractivity contribution is 5.83. The van der Waals surface area contributed by atoms with Crippen molar-refractivity contribution in [3.05, 3.63) is 12.7 Å². The second-order valence-electron chi connectivity index (χ2n) is 5.72. The van der Waals surface area contributed by atoms with E-state index in [0.717, 1.165) is 38.3 Å². The number of amides is 1. The highest BCUT2D eigenvalue weighted by Gasteiger charge is 2.35. The molecule has 1 rings (SSSR count). The molecule has 1 aliphatic heterocycles. The van der Waals surface area contributed by atoms with Crippen LogP contribution >= 0.6 is 0 Å². The van der Waals surface area contributed by atoms with Gasteiger partial charge in [-0.1, -0.05) is 27.4 Å². The number of piperidine rings is 1. The molecule has 0 N–H and O–H groups in total. The zero-order valence-electron chi connectivity index (χ0n) is 12.3. The van der Waals surface area contributed by atoms with Crippen molar-refractivity contribution in [3.63, 3.8) is 0 Å². The molecule has 0 aromatic heterocycles. The summed E-state index contributed by atoms with van der Waals surface area (Å²) in [5, 5.41) is 0. The fourth-order valence-corrected chi connectivity index (χ4v) is 2.22. The summed E-state index contributed by atoms with van der Waals surface area (Å²) in [6.07, 6.45) is 4.96. The van der Waals surface area contributed by atoms with E-state index in [0.29, 0.717) is 0 Å². The standard InChI is InChI=1S/C15H25NO3/c1-5-13(17)19-11-12-9-7-8-10-16(12)14(18)15(3,4)6-2/h5,12H,1,6-11H2,2-4H3. The molecule has 1 amide bonds. The molecular formula is C15H25NO3. The Morgan fingerprint density at radius 2 is 2.11 bits per heavy atom. The summed E-state index contributed by atoms with van der Waals surface area (Å²) in [6, 6.07) is 0.0102. The monoisotopic (exact) mass is 267 g/mol. The summed E-state index contributed by atoms with van der Waals surface area (Å²) in [7, 11) is 0.